The maximum Gasteiger partial charge on any atom is 0.300 e. The zero-order chi connectivity index (χ0) is 22.3. The van der Waals surface area contributed by atoms with Gasteiger partial charge in [0.25, 0.3) is 11.7 Å². The number of anilines is 2. The fourth-order valence-electron chi connectivity index (χ4n) is 3.64. The van der Waals surface area contributed by atoms with E-state index in [0.717, 1.165) is 5.69 Å². The van der Waals surface area contributed by atoms with E-state index in [-0.39, 0.29) is 16.9 Å². The Kier molecular flexibility index (Phi) is 5.10. The lowest BCUT2D eigenvalue weighted by Crippen LogP contribution is -2.29. The maximum absolute atomic E-state index is 13.3. The maximum atomic E-state index is 13.3. The van der Waals surface area contributed by atoms with E-state index >= 15 is 0 Å². The average Bonchev–Trinajstić information content (AvgIpc) is 3.29. The summed E-state index contributed by atoms with van der Waals surface area (Å²) in [6, 6.07) is 14.6. The summed E-state index contributed by atoms with van der Waals surface area (Å²) < 4.78 is 19.1. The number of ketones is 1. The van der Waals surface area contributed by atoms with E-state index in [1.54, 1.807) is 31.2 Å². The molecule has 2 aromatic carbocycles. The van der Waals surface area contributed by atoms with Gasteiger partial charge in [-0.2, -0.15) is 0 Å². The minimum absolute atomic E-state index is 0.109. The van der Waals surface area contributed by atoms with Gasteiger partial charge in [-0.3, -0.25) is 14.5 Å². The van der Waals surface area contributed by atoms with Crippen LogP contribution in [0, 0.1) is 12.7 Å². The molecule has 158 valence electrons. The highest BCUT2D eigenvalue weighted by atomic mass is 19.1. The second kappa shape index (κ2) is 7.75. The third-order valence-electron chi connectivity index (χ3n) is 5.24. The van der Waals surface area contributed by atoms with Crippen LogP contribution in [0.2, 0.25) is 0 Å². The second-order valence-electron chi connectivity index (χ2n) is 7.54. The van der Waals surface area contributed by atoms with Crippen molar-refractivity contribution >= 4 is 28.8 Å². The molecule has 1 aliphatic heterocycles. The molecule has 31 heavy (non-hydrogen) atoms. The molecule has 1 amide bonds. The molecule has 1 atom stereocenters. The molecule has 1 aromatic heterocycles. The topological polar surface area (TPSA) is 74.0 Å². The minimum Gasteiger partial charge on any atom is -0.507 e. The van der Waals surface area contributed by atoms with Crippen molar-refractivity contribution in [3.05, 3.63) is 89.1 Å². The first-order valence-corrected chi connectivity index (χ1v) is 9.68. The van der Waals surface area contributed by atoms with Gasteiger partial charge in [0.15, 0.2) is 0 Å². The highest BCUT2D eigenvalue weighted by Crippen LogP contribution is 2.42. The van der Waals surface area contributed by atoms with E-state index in [2.05, 4.69) is 0 Å². The first kappa shape index (κ1) is 20.4. The molecule has 7 heteroatoms. The number of hydrogen-bond donors (Lipinski definition) is 1. The summed E-state index contributed by atoms with van der Waals surface area (Å²) in [5.74, 6) is -1.53. The molecule has 0 spiro atoms. The van der Waals surface area contributed by atoms with Gasteiger partial charge in [0.2, 0.25) is 0 Å². The molecular formula is C24H21FN2O4. The normalized spacial score (nSPS) is 17.9. The third kappa shape index (κ3) is 3.59. The van der Waals surface area contributed by atoms with Crippen molar-refractivity contribution in [3.8, 4) is 0 Å². The van der Waals surface area contributed by atoms with E-state index in [9.17, 15) is 19.1 Å². The van der Waals surface area contributed by atoms with E-state index in [4.69, 9.17) is 4.42 Å². The molecule has 3 aromatic rings. The van der Waals surface area contributed by atoms with Gasteiger partial charge >= 0.3 is 0 Å². The molecule has 1 N–H and O–H groups in total. The average molecular weight is 420 g/mol. The van der Waals surface area contributed by atoms with Crippen molar-refractivity contribution < 1.29 is 23.5 Å². The lowest BCUT2D eigenvalue weighted by atomic mass is 9.99. The Morgan fingerprint density at radius 2 is 1.65 bits per heavy atom. The summed E-state index contributed by atoms with van der Waals surface area (Å²) >= 11 is 0. The number of furan rings is 1. The van der Waals surface area contributed by atoms with Gasteiger partial charge < -0.3 is 14.4 Å². The third-order valence-corrected chi connectivity index (χ3v) is 5.24. The smallest absolute Gasteiger partial charge is 0.300 e. The van der Waals surface area contributed by atoms with Crippen LogP contribution in [-0.4, -0.2) is 30.9 Å². The minimum atomic E-state index is -0.955. The lowest BCUT2D eigenvalue weighted by molar-refractivity contribution is -0.132. The fraction of sp³-hybridized carbons (Fsp3) is 0.167. The summed E-state index contributed by atoms with van der Waals surface area (Å²) in [4.78, 5) is 29.3. The first-order valence-electron chi connectivity index (χ1n) is 9.68. The predicted octanol–water partition coefficient (Wildman–Crippen LogP) is 4.42. The zero-order valence-corrected chi connectivity index (χ0v) is 17.3. The number of aryl methyl sites for hydroxylation is 1. The van der Waals surface area contributed by atoms with Crippen LogP contribution < -0.4 is 9.80 Å². The van der Waals surface area contributed by atoms with Crippen molar-refractivity contribution in [2.24, 2.45) is 0 Å². The molecule has 6 nitrogen and oxygen atoms in total. The largest absolute Gasteiger partial charge is 0.507 e. The molecule has 0 aliphatic carbocycles. The second-order valence-corrected chi connectivity index (χ2v) is 7.54. The van der Waals surface area contributed by atoms with Crippen LogP contribution in [0.4, 0.5) is 15.8 Å². The summed E-state index contributed by atoms with van der Waals surface area (Å²) in [5.41, 5.74) is 1.54. The Hall–Kier alpha value is -3.87. The Labute approximate surface area is 178 Å². The quantitative estimate of drug-likeness (QED) is 0.384. The number of rotatable bonds is 4. The summed E-state index contributed by atoms with van der Waals surface area (Å²) in [6.45, 7) is 1.75. The Morgan fingerprint density at radius 1 is 1.00 bits per heavy atom. The number of carbonyl (C=O) groups excluding carboxylic acids is 2. The summed E-state index contributed by atoms with van der Waals surface area (Å²) in [5, 5.41) is 10.9. The number of aliphatic hydroxyl groups is 1. The number of hydrogen-bond acceptors (Lipinski definition) is 5. The number of amides is 1. The van der Waals surface area contributed by atoms with Gasteiger partial charge in [-0.25, -0.2) is 4.39 Å². The predicted molar refractivity (Wildman–Crippen MR) is 115 cm³/mol. The molecule has 1 aliphatic rings. The van der Waals surface area contributed by atoms with Gasteiger partial charge in [0.1, 0.15) is 29.1 Å². The van der Waals surface area contributed by atoms with E-state index in [0.29, 0.717) is 17.2 Å². The van der Waals surface area contributed by atoms with Crippen LogP contribution in [0.3, 0.4) is 0 Å². The Morgan fingerprint density at radius 3 is 2.19 bits per heavy atom. The van der Waals surface area contributed by atoms with Crippen LogP contribution in [-0.2, 0) is 9.59 Å². The number of Topliss-reactive ketones (excluding diaryl/α,β-unsaturated/α-hetero) is 1. The molecule has 1 fully saturated rings. The number of carbonyl (C=O) groups is 2. The molecule has 4 rings (SSSR count). The van der Waals surface area contributed by atoms with Crippen molar-refractivity contribution in [1.82, 2.24) is 0 Å². The molecular weight excluding hydrogens is 399 g/mol. The number of benzene rings is 2. The van der Waals surface area contributed by atoms with Crippen LogP contribution in [0.5, 0.6) is 0 Å². The van der Waals surface area contributed by atoms with Gasteiger partial charge in [-0.1, -0.05) is 0 Å². The van der Waals surface area contributed by atoms with Gasteiger partial charge in [-0.15, -0.1) is 0 Å². The van der Waals surface area contributed by atoms with Gasteiger partial charge in [-0.05, 0) is 67.6 Å². The molecule has 0 bridgehead atoms. The van der Waals surface area contributed by atoms with Crippen molar-refractivity contribution in [2.75, 3.05) is 23.9 Å². The molecule has 2 heterocycles. The standard InChI is InChI=1S/C24H21FN2O4/c1-14-4-13-19(31-14)21-20(22(28)15-5-7-16(25)8-6-15)23(29)24(30)27(21)18-11-9-17(10-12-18)26(2)3/h4-13,21,28H,1-3H3/b22-20-. The van der Waals surface area contributed by atoms with Crippen LogP contribution in [0.1, 0.15) is 23.1 Å². The van der Waals surface area contributed by atoms with Crippen molar-refractivity contribution in [3.63, 3.8) is 0 Å². The Balaban J connectivity index is 1.89. The number of aliphatic hydroxyl groups excluding tert-OH is 1. The highest BCUT2D eigenvalue weighted by Gasteiger charge is 2.48. The Bertz CT molecular complexity index is 1180. The van der Waals surface area contributed by atoms with Crippen molar-refractivity contribution in [1.29, 1.82) is 0 Å². The van der Waals surface area contributed by atoms with Crippen molar-refractivity contribution in [2.45, 2.75) is 13.0 Å². The molecule has 1 unspecified atom stereocenters. The highest BCUT2D eigenvalue weighted by molar-refractivity contribution is 6.51. The monoisotopic (exact) mass is 420 g/mol. The first-order chi connectivity index (χ1) is 14.8. The molecule has 1 saturated heterocycles. The van der Waals surface area contributed by atoms with E-state index in [1.165, 1.54) is 29.2 Å². The zero-order valence-electron chi connectivity index (χ0n) is 17.3. The number of halogens is 1. The van der Waals surface area contributed by atoms with E-state index < -0.39 is 23.5 Å². The number of nitrogens with zero attached hydrogens (tertiary/aromatic N) is 2. The lowest BCUT2D eigenvalue weighted by Gasteiger charge is -2.24. The molecule has 0 saturated carbocycles. The van der Waals surface area contributed by atoms with Crippen LogP contribution >= 0.6 is 0 Å². The fourth-order valence-corrected chi connectivity index (χ4v) is 3.64. The summed E-state index contributed by atoms with van der Waals surface area (Å²) in [6.07, 6.45) is 0. The summed E-state index contributed by atoms with van der Waals surface area (Å²) in [7, 11) is 3.80. The van der Waals surface area contributed by atoms with Gasteiger partial charge in [0, 0.05) is 31.0 Å². The van der Waals surface area contributed by atoms with E-state index in [1.807, 2.05) is 31.1 Å². The molecule has 0 radical (unpaired) electrons. The van der Waals surface area contributed by atoms with Crippen LogP contribution in [0.15, 0.2) is 70.7 Å². The van der Waals surface area contributed by atoms with Crippen LogP contribution in [0.25, 0.3) is 5.76 Å². The van der Waals surface area contributed by atoms with Gasteiger partial charge in [0.05, 0.1) is 5.57 Å². The SMILES string of the molecule is Cc1ccc(C2/C(=C(/O)c3ccc(F)cc3)C(=O)C(=O)N2c2ccc(N(C)C)cc2)o1.